The minimum absolute atomic E-state index is 0.0201. The van der Waals surface area contributed by atoms with E-state index in [0.717, 1.165) is 49.7 Å². The Labute approximate surface area is 315 Å². The maximum absolute atomic E-state index is 14.3. The van der Waals surface area contributed by atoms with Crippen LogP contribution in [0.25, 0.3) is 0 Å². The molecule has 4 aromatic rings. The van der Waals surface area contributed by atoms with Crippen molar-refractivity contribution in [3.63, 3.8) is 0 Å². The van der Waals surface area contributed by atoms with Gasteiger partial charge in [-0.15, -0.1) is 0 Å². The summed E-state index contributed by atoms with van der Waals surface area (Å²) in [5.41, 5.74) is 11.1. The molecular formula is C43H55N5O4S. The van der Waals surface area contributed by atoms with Gasteiger partial charge in [0.1, 0.15) is 0 Å². The number of sulfonamides is 1. The number of hydrogen-bond donors (Lipinski definition) is 4. The molecule has 5 rings (SSSR count). The van der Waals surface area contributed by atoms with Gasteiger partial charge in [0.25, 0.3) is 5.91 Å². The first-order valence-corrected chi connectivity index (χ1v) is 20.7. The molecule has 5 N–H and O–H groups in total. The van der Waals surface area contributed by atoms with E-state index in [-0.39, 0.29) is 23.8 Å². The molecule has 1 aliphatic carbocycles. The van der Waals surface area contributed by atoms with E-state index in [2.05, 4.69) is 35.0 Å². The Bertz CT molecular complexity index is 1870. The van der Waals surface area contributed by atoms with Gasteiger partial charge < -0.3 is 21.7 Å². The minimum Gasteiger partial charge on any atom is -0.352 e. The smallest absolute Gasteiger partial charge is 0.251 e. The number of nitrogens with one attached hydrogen (secondary N) is 3. The van der Waals surface area contributed by atoms with Gasteiger partial charge in [0.05, 0.1) is 23.7 Å². The first kappa shape index (κ1) is 39.7. The molecule has 0 saturated heterocycles. The van der Waals surface area contributed by atoms with Crippen LogP contribution in [0.4, 0.5) is 11.4 Å². The third-order valence-electron chi connectivity index (χ3n) is 10.2. The molecule has 3 unspecified atom stereocenters. The lowest BCUT2D eigenvalue weighted by molar-refractivity contribution is -0.123. The van der Waals surface area contributed by atoms with Crippen molar-refractivity contribution in [2.45, 2.75) is 95.3 Å². The third kappa shape index (κ3) is 11.7. The maximum atomic E-state index is 14.3. The van der Waals surface area contributed by atoms with Crippen LogP contribution in [-0.2, 0) is 27.7 Å². The molecule has 53 heavy (non-hydrogen) atoms. The minimum atomic E-state index is -3.78. The Morgan fingerprint density at radius 2 is 1.42 bits per heavy atom. The number of carbonyl (C=O) groups is 2. The molecule has 9 nitrogen and oxygen atoms in total. The molecule has 1 saturated carbocycles. The van der Waals surface area contributed by atoms with Gasteiger partial charge in [0, 0.05) is 30.2 Å². The lowest BCUT2D eigenvalue weighted by Crippen LogP contribution is -2.56. The van der Waals surface area contributed by atoms with Crippen molar-refractivity contribution in [3.8, 4) is 0 Å². The average Bonchev–Trinajstić information content (AvgIpc) is 3.16. The first-order chi connectivity index (χ1) is 25.5. The summed E-state index contributed by atoms with van der Waals surface area (Å²) in [5, 5.41) is 9.67. The van der Waals surface area contributed by atoms with Crippen molar-refractivity contribution in [1.29, 1.82) is 0 Å². The largest absolute Gasteiger partial charge is 0.352 e. The van der Waals surface area contributed by atoms with Crippen molar-refractivity contribution in [2.75, 3.05) is 17.1 Å². The van der Waals surface area contributed by atoms with Crippen LogP contribution in [0.3, 0.4) is 0 Å². The number of benzene rings is 4. The maximum Gasteiger partial charge on any atom is 0.251 e. The number of aryl methyl sites for hydroxylation is 1. The van der Waals surface area contributed by atoms with Gasteiger partial charge in [-0.25, -0.2) is 12.7 Å². The average molecular weight is 738 g/mol. The molecular weight excluding hydrogens is 683 g/mol. The first-order valence-electron chi connectivity index (χ1n) is 18.9. The van der Waals surface area contributed by atoms with Gasteiger partial charge in [0.15, 0.2) is 0 Å². The molecule has 0 heterocycles. The van der Waals surface area contributed by atoms with Crippen LogP contribution in [0.1, 0.15) is 85.3 Å². The highest BCUT2D eigenvalue weighted by atomic mass is 32.2. The molecule has 4 aromatic carbocycles. The fraction of sp³-hybridized carbons (Fsp3) is 0.395. The fourth-order valence-corrected chi connectivity index (χ4v) is 8.00. The summed E-state index contributed by atoms with van der Waals surface area (Å²) in [7, 11) is -3.78. The molecule has 0 radical (unpaired) electrons. The highest BCUT2D eigenvalue weighted by Gasteiger charge is 2.27. The van der Waals surface area contributed by atoms with Crippen molar-refractivity contribution >= 4 is 33.2 Å². The molecule has 10 heteroatoms. The van der Waals surface area contributed by atoms with Crippen LogP contribution in [0.15, 0.2) is 109 Å². The van der Waals surface area contributed by atoms with Crippen LogP contribution >= 0.6 is 0 Å². The number of hydrogen-bond acceptors (Lipinski definition) is 6. The summed E-state index contributed by atoms with van der Waals surface area (Å²) in [4.78, 5) is 27.3. The second kappa shape index (κ2) is 19.0. The third-order valence-corrected chi connectivity index (χ3v) is 11.3. The number of nitrogens with two attached hydrogens (primary N) is 1. The van der Waals surface area contributed by atoms with Gasteiger partial charge >= 0.3 is 0 Å². The van der Waals surface area contributed by atoms with Crippen molar-refractivity contribution < 1.29 is 18.0 Å². The standard InChI is InChI=1S/C43H55N5O4S/c1-31(24-25-33-16-8-4-9-17-33)35-27-36(29-39(28-35)48(53(3,51)52)38-22-14-7-15-23-38)43(50)47-41(26-34-18-10-5-11-19-34)40(44)30-45-32(2)42(49)46-37-20-12-6-13-21-37/h4-5,7-11,14-19,22-23,27-29,31-32,37,40-41,45H,6,12-13,20-21,24-26,30,44H2,1-3H3,(H,46,49)(H,47,50)/t31?,32?,40-,41?/m1/s1. The number of nitrogens with zero attached hydrogens (tertiary/aromatic N) is 1. The lowest BCUT2D eigenvalue weighted by Gasteiger charge is -2.29. The van der Waals surface area contributed by atoms with Gasteiger partial charge in [-0.1, -0.05) is 105 Å². The highest BCUT2D eigenvalue weighted by Crippen LogP contribution is 2.33. The summed E-state index contributed by atoms with van der Waals surface area (Å²) in [5.74, 6) is -0.386. The zero-order chi connectivity index (χ0) is 37.8. The van der Waals surface area contributed by atoms with E-state index in [0.29, 0.717) is 29.9 Å². The second-order valence-corrected chi connectivity index (χ2v) is 16.3. The predicted molar refractivity (Wildman–Crippen MR) is 215 cm³/mol. The highest BCUT2D eigenvalue weighted by molar-refractivity contribution is 7.92. The predicted octanol–water partition coefficient (Wildman–Crippen LogP) is 6.62. The molecule has 0 aliphatic heterocycles. The van der Waals surface area contributed by atoms with Crippen LogP contribution in [0.2, 0.25) is 0 Å². The SMILES string of the molecule is CC(NC[C@@H](N)C(Cc1ccccc1)NC(=O)c1cc(C(C)CCc2ccccc2)cc(N(c2ccccc2)S(C)(=O)=O)c1)C(=O)NC1CCCCC1. The van der Waals surface area contributed by atoms with E-state index in [4.69, 9.17) is 5.73 Å². The number of para-hydroxylation sites is 1. The summed E-state index contributed by atoms with van der Waals surface area (Å²) < 4.78 is 28.0. The van der Waals surface area contributed by atoms with Crippen LogP contribution in [-0.4, -0.2) is 57.2 Å². The van der Waals surface area contributed by atoms with E-state index in [1.54, 1.807) is 30.3 Å². The molecule has 1 fully saturated rings. The van der Waals surface area contributed by atoms with Crippen LogP contribution < -0.4 is 26.0 Å². The Morgan fingerprint density at radius 1 is 0.811 bits per heavy atom. The monoisotopic (exact) mass is 737 g/mol. The molecule has 0 spiro atoms. The quantitative estimate of drug-likeness (QED) is 0.0964. The van der Waals surface area contributed by atoms with Crippen LogP contribution in [0, 0.1) is 0 Å². The Hall–Kier alpha value is -4.51. The Morgan fingerprint density at radius 3 is 2.04 bits per heavy atom. The second-order valence-electron chi connectivity index (χ2n) is 14.5. The van der Waals surface area contributed by atoms with Crippen molar-refractivity contribution in [2.24, 2.45) is 5.73 Å². The molecule has 0 aromatic heterocycles. The summed E-state index contributed by atoms with van der Waals surface area (Å²) in [6, 6.07) is 33.1. The Balaban J connectivity index is 1.40. The van der Waals surface area contributed by atoms with Crippen molar-refractivity contribution in [1.82, 2.24) is 16.0 Å². The zero-order valence-corrected chi connectivity index (χ0v) is 32.0. The van der Waals surface area contributed by atoms with E-state index >= 15 is 0 Å². The molecule has 2 amide bonds. The summed E-state index contributed by atoms with van der Waals surface area (Å²) in [6.07, 6.45) is 8.77. The van der Waals surface area contributed by atoms with Gasteiger partial charge in [-0.2, -0.15) is 0 Å². The van der Waals surface area contributed by atoms with E-state index in [1.165, 1.54) is 22.5 Å². The van der Waals surface area contributed by atoms with E-state index in [9.17, 15) is 18.0 Å². The van der Waals surface area contributed by atoms with E-state index in [1.807, 2.05) is 73.7 Å². The topological polar surface area (TPSA) is 134 Å². The Kier molecular flexibility index (Phi) is 14.2. The molecule has 4 atom stereocenters. The normalized spacial score (nSPS) is 15.8. The zero-order valence-electron chi connectivity index (χ0n) is 31.2. The van der Waals surface area contributed by atoms with Gasteiger partial charge in [-0.3, -0.25) is 9.59 Å². The number of anilines is 2. The summed E-state index contributed by atoms with van der Waals surface area (Å²) >= 11 is 0. The van der Waals surface area contributed by atoms with Crippen LogP contribution in [0.5, 0.6) is 0 Å². The number of carbonyl (C=O) groups excluding carboxylic acids is 2. The van der Waals surface area contributed by atoms with Crippen molar-refractivity contribution in [3.05, 3.63) is 131 Å². The van der Waals surface area contributed by atoms with Gasteiger partial charge in [-0.05, 0) is 92.0 Å². The fourth-order valence-electron chi connectivity index (χ4n) is 7.01. The van der Waals surface area contributed by atoms with Gasteiger partial charge in [0.2, 0.25) is 15.9 Å². The van der Waals surface area contributed by atoms with E-state index < -0.39 is 28.1 Å². The molecule has 1 aliphatic rings. The molecule has 282 valence electrons. The number of amides is 2. The number of rotatable bonds is 17. The summed E-state index contributed by atoms with van der Waals surface area (Å²) in [6.45, 7) is 4.24. The molecule has 0 bridgehead atoms. The lowest BCUT2D eigenvalue weighted by atomic mass is 9.92.